The van der Waals surface area contributed by atoms with Crippen LogP contribution in [-0.4, -0.2) is 68.5 Å². The van der Waals surface area contributed by atoms with Crippen LogP contribution in [0.15, 0.2) is 12.2 Å². The van der Waals surface area contributed by atoms with Crippen LogP contribution in [0.1, 0.15) is 162 Å². The van der Waals surface area contributed by atoms with E-state index in [0.717, 1.165) is 38.5 Å². The summed E-state index contributed by atoms with van der Waals surface area (Å²) < 4.78 is 23.0. The van der Waals surface area contributed by atoms with Gasteiger partial charge in [0.1, 0.15) is 13.2 Å². The van der Waals surface area contributed by atoms with Crippen LogP contribution in [0.3, 0.4) is 0 Å². The molecular weight excluding hydrogens is 587 g/mol. The predicted octanol–water partition coefficient (Wildman–Crippen LogP) is 8.61. The molecular formula is C36H73N2O6P. The first-order valence-corrected chi connectivity index (χ1v) is 20.0. The molecule has 3 atom stereocenters. The van der Waals surface area contributed by atoms with Crippen LogP contribution in [0.5, 0.6) is 0 Å². The summed E-state index contributed by atoms with van der Waals surface area (Å²) in [6, 6.07) is -0.876. The largest absolute Gasteiger partial charge is 0.756 e. The van der Waals surface area contributed by atoms with Gasteiger partial charge in [-0.1, -0.05) is 148 Å². The maximum absolute atomic E-state index is 12.7. The highest BCUT2D eigenvalue weighted by Gasteiger charge is 2.23. The molecule has 0 aromatic rings. The second-order valence-corrected chi connectivity index (χ2v) is 15.3. The molecule has 0 heterocycles. The second kappa shape index (κ2) is 29.4. The molecule has 0 aliphatic heterocycles. The smallest absolute Gasteiger partial charge is 0.268 e. The summed E-state index contributed by atoms with van der Waals surface area (Å²) in [6.45, 7) is 4.60. The number of hydrogen-bond donors (Lipinski definition) is 2. The van der Waals surface area contributed by atoms with Crippen molar-refractivity contribution in [1.82, 2.24) is 5.32 Å². The van der Waals surface area contributed by atoms with Crippen LogP contribution in [0, 0.1) is 0 Å². The number of carbonyl (C=O) groups is 1. The molecule has 0 aliphatic rings. The number of phosphoric acid groups is 1. The molecule has 0 aliphatic carbocycles. The minimum atomic E-state index is -4.57. The van der Waals surface area contributed by atoms with Crippen molar-refractivity contribution in [3.05, 3.63) is 12.2 Å². The van der Waals surface area contributed by atoms with E-state index >= 15 is 0 Å². The molecule has 0 bridgehead atoms. The molecule has 0 saturated heterocycles. The number of likely N-dealkylation sites (N-methyl/N-ethyl adjacent to an activating group) is 1. The molecule has 45 heavy (non-hydrogen) atoms. The number of aliphatic hydroxyl groups is 1. The van der Waals surface area contributed by atoms with Crippen molar-refractivity contribution >= 4 is 13.7 Å². The fourth-order valence-electron chi connectivity index (χ4n) is 5.21. The van der Waals surface area contributed by atoms with Gasteiger partial charge in [-0.25, -0.2) is 0 Å². The van der Waals surface area contributed by atoms with Crippen molar-refractivity contribution in [1.29, 1.82) is 0 Å². The number of rotatable bonds is 33. The monoisotopic (exact) mass is 661 g/mol. The van der Waals surface area contributed by atoms with E-state index in [1.807, 2.05) is 27.2 Å². The van der Waals surface area contributed by atoms with Crippen molar-refractivity contribution in [2.75, 3.05) is 40.9 Å². The van der Waals surface area contributed by atoms with Crippen LogP contribution in [-0.2, 0) is 18.4 Å². The number of allylic oxidation sites excluding steroid dienone is 1. The Morgan fingerprint density at radius 1 is 0.756 bits per heavy atom. The van der Waals surface area contributed by atoms with E-state index in [9.17, 15) is 19.4 Å². The van der Waals surface area contributed by atoms with Crippen LogP contribution >= 0.6 is 7.82 Å². The molecule has 268 valence electrons. The zero-order valence-electron chi connectivity index (χ0n) is 30.1. The van der Waals surface area contributed by atoms with Gasteiger partial charge in [0, 0.05) is 6.42 Å². The summed E-state index contributed by atoms with van der Waals surface area (Å²) in [6.07, 6.45) is 29.6. The summed E-state index contributed by atoms with van der Waals surface area (Å²) in [5.41, 5.74) is 0. The predicted molar refractivity (Wildman–Crippen MR) is 187 cm³/mol. The molecule has 0 aromatic heterocycles. The quantitative estimate of drug-likeness (QED) is 0.0316. The summed E-state index contributed by atoms with van der Waals surface area (Å²) in [4.78, 5) is 25.0. The lowest BCUT2D eigenvalue weighted by molar-refractivity contribution is -0.870. The lowest BCUT2D eigenvalue weighted by Gasteiger charge is -2.29. The van der Waals surface area contributed by atoms with Gasteiger partial charge in [0.05, 0.1) is 39.9 Å². The minimum Gasteiger partial charge on any atom is -0.756 e. The van der Waals surface area contributed by atoms with Crippen molar-refractivity contribution in [2.45, 2.75) is 174 Å². The zero-order valence-corrected chi connectivity index (χ0v) is 31.0. The van der Waals surface area contributed by atoms with E-state index < -0.39 is 20.0 Å². The van der Waals surface area contributed by atoms with Gasteiger partial charge in [0.25, 0.3) is 7.82 Å². The molecule has 0 radical (unpaired) electrons. The molecule has 2 N–H and O–H groups in total. The van der Waals surface area contributed by atoms with Crippen molar-refractivity contribution in [3.8, 4) is 0 Å². The van der Waals surface area contributed by atoms with E-state index in [4.69, 9.17) is 9.05 Å². The first kappa shape index (κ1) is 44.2. The molecule has 3 unspecified atom stereocenters. The lowest BCUT2D eigenvalue weighted by Crippen LogP contribution is -2.45. The highest BCUT2D eigenvalue weighted by molar-refractivity contribution is 7.45. The normalized spacial score (nSPS) is 14.9. The Hall–Kier alpha value is -0.760. The van der Waals surface area contributed by atoms with Crippen LogP contribution in [0.25, 0.3) is 0 Å². The fraction of sp³-hybridized carbons (Fsp3) is 0.917. The standard InChI is InChI=1S/C36H73N2O6P/c1-6-8-10-12-14-16-17-18-19-20-22-23-25-27-29-35(39)34(33-44-45(41,42)43-32-31-38(3,4)5)37-36(40)30-28-26-24-21-15-13-11-9-7-2/h27,29,34-35,39H,6-26,28,30-33H2,1-5H3,(H-,37,40,41,42)/b29-27+. The number of nitrogens with one attached hydrogen (secondary N) is 1. The fourth-order valence-corrected chi connectivity index (χ4v) is 5.93. The van der Waals surface area contributed by atoms with E-state index in [0.29, 0.717) is 17.4 Å². The lowest BCUT2D eigenvalue weighted by atomic mass is 10.0. The van der Waals surface area contributed by atoms with Crippen LogP contribution < -0.4 is 10.2 Å². The summed E-state index contributed by atoms with van der Waals surface area (Å²) in [5.74, 6) is -0.202. The molecule has 0 fully saturated rings. The molecule has 0 saturated carbocycles. The Bertz CT molecular complexity index is 758. The Morgan fingerprint density at radius 2 is 1.20 bits per heavy atom. The molecule has 8 nitrogen and oxygen atoms in total. The Balaban J connectivity index is 4.54. The van der Waals surface area contributed by atoms with Crippen molar-refractivity contribution in [2.24, 2.45) is 0 Å². The number of unbranched alkanes of at least 4 members (excludes halogenated alkanes) is 20. The average Bonchev–Trinajstić information content (AvgIpc) is 2.97. The van der Waals surface area contributed by atoms with Gasteiger partial charge < -0.3 is 28.8 Å². The van der Waals surface area contributed by atoms with Gasteiger partial charge in [-0.15, -0.1) is 0 Å². The topological polar surface area (TPSA) is 108 Å². The third kappa shape index (κ3) is 31.6. The number of quaternary nitrogens is 1. The van der Waals surface area contributed by atoms with E-state index in [2.05, 4.69) is 19.2 Å². The third-order valence-electron chi connectivity index (χ3n) is 8.25. The SMILES string of the molecule is CCCCCCCCCCCCCC/C=C/C(O)C(COP(=O)([O-])OCC[N+](C)(C)C)NC(=O)CCCCCCCCCCC. The van der Waals surface area contributed by atoms with Gasteiger partial charge in [0.15, 0.2) is 0 Å². The molecule has 0 rings (SSSR count). The maximum Gasteiger partial charge on any atom is 0.268 e. The highest BCUT2D eigenvalue weighted by atomic mass is 31.2. The Labute approximate surface area is 278 Å². The van der Waals surface area contributed by atoms with Crippen molar-refractivity contribution in [3.63, 3.8) is 0 Å². The van der Waals surface area contributed by atoms with Gasteiger partial charge >= 0.3 is 0 Å². The Morgan fingerprint density at radius 3 is 1.67 bits per heavy atom. The van der Waals surface area contributed by atoms with Crippen LogP contribution in [0.4, 0.5) is 0 Å². The number of hydrogen-bond acceptors (Lipinski definition) is 6. The van der Waals surface area contributed by atoms with Crippen LogP contribution in [0.2, 0.25) is 0 Å². The van der Waals surface area contributed by atoms with E-state index in [1.165, 1.54) is 103 Å². The minimum absolute atomic E-state index is 0.00140. The van der Waals surface area contributed by atoms with Gasteiger partial charge in [-0.2, -0.15) is 0 Å². The molecule has 0 aromatic carbocycles. The Kier molecular flexibility index (Phi) is 28.9. The zero-order chi connectivity index (χ0) is 33.7. The van der Waals surface area contributed by atoms with Gasteiger partial charge in [-0.3, -0.25) is 9.36 Å². The summed E-state index contributed by atoms with van der Waals surface area (Å²) in [5, 5.41) is 13.7. The van der Waals surface area contributed by atoms with E-state index in [1.54, 1.807) is 6.08 Å². The number of nitrogens with zero attached hydrogens (tertiary/aromatic N) is 1. The third-order valence-corrected chi connectivity index (χ3v) is 9.21. The average molecular weight is 661 g/mol. The maximum atomic E-state index is 12.7. The van der Waals surface area contributed by atoms with Gasteiger partial charge in [-0.05, 0) is 19.3 Å². The number of carbonyl (C=O) groups excluding carboxylic acids is 1. The second-order valence-electron chi connectivity index (χ2n) is 13.9. The summed E-state index contributed by atoms with van der Waals surface area (Å²) >= 11 is 0. The highest BCUT2D eigenvalue weighted by Crippen LogP contribution is 2.38. The first-order valence-electron chi connectivity index (χ1n) is 18.6. The molecule has 0 spiro atoms. The number of amides is 1. The number of phosphoric ester groups is 1. The van der Waals surface area contributed by atoms with Gasteiger partial charge in [0.2, 0.25) is 5.91 Å². The summed E-state index contributed by atoms with van der Waals surface area (Å²) in [7, 11) is 1.26. The molecule has 1 amide bonds. The first-order chi connectivity index (χ1) is 21.5. The molecule has 9 heteroatoms. The number of aliphatic hydroxyl groups excluding tert-OH is 1. The van der Waals surface area contributed by atoms with Crippen molar-refractivity contribution < 1.29 is 32.9 Å². The van der Waals surface area contributed by atoms with E-state index in [-0.39, 0.29) is 19.1 Å².